The Hall–Kier alpha value is -3.77. The quantitative estimate of drug-likeness (QED) is 0.255. The summed E-state index contributed by atoms with van der Waals surface area (Å²) in [5.41, 5.74) is 1.34. The van der Waals surface area contributed by atoms with Gasteiger partial charge in [-0.25, -0.2) is 17.8 Å². The monoisotopic (exact) mass is 563 g/mol. The molecule has 3 aromatic carbocycles. The second-order valence-corrected chi connectivity index (χ2v) is 11.0. The molecule has 1 heterocycles. The molecular formula is C26H21F4N3O3S2. The second kappa shape index (κ2) is 10.5. The summed E-state index contributed by atoms with van der Waals surface area (Å²) in [6.45, 7) is 2.04. The fourth-order valence-corrected chi connectivity index (χ4v) is 5.46. The van der Waals surface area contributed by atoms with E-state index in [9.17, 15) is 30.8 Å². The maximum Gasteiger partial charge on any atom is 0.416 e. The molecule has 4 rings (SSSR count). The SMILES string of the molecule is CCN(c1ccc(-c2csc(NC(=O)c3ccc(-c4ccc(C(F)(F)F)cc4F)cc3)n2)cc1)S(C)(=O)=O. The van der Waals surface area contributed by atoms with Gasteiger partial charge < -0.3 is 0 Å². The van der Waals surface area contributed by atoms with Crippen molar-refractivity contribution in [2.24, 2.45) is 0 Å². The summed E-state index contributed by atoms with van der Waals surface area (Å²) >= 11 is 1.20. The Labute approximate surface area is 220 Å². The predicted molar refractivity (Wildman–Crippen MR) is 140 cm³/mol. The molecule has 4 aromatic rings. The number of alkyl halides is 3. The number of halogens is 4. The molecule has 1 aromatic heterocycles. The van der Waals surface area contributed by atoms with Gasteiger partial charge in [0, 0.05) is 28.6 Å². The van der Waals surface area contributed by atoms with Crippen molar-refractivity contribution in [3.63, 3.8) is 0 Å². The van der Waals surface area contributed by atoms with Gasteiger partial charge in [0.25, 0.3) is 5.91 Å². The third kappa shape index (κ3) is 6.03. The molecule has 0 radical (unpaired) electrons. The molecule has 0 spiro atoms. The molecule has 1 amide bonds. The summed E-state index contributed by atoms with van der Waals surface area (Å²) in [7, 11) is -3.40. The lowest BCUT2D eigenvalue weighted by Gasteiger charge is -2.20. The van der Waals surface area contributed by atoms with Crippen LogP contribution in [-0.4, -0.2) is 32.1 Å². The van der Waals surface area contributed by atoms with E-state index in [0.717, 1.165) is 24.0 Å². The van der Waals surface area contributed by atoms with Gasteiger partial charge in [-0.1, -0.05) is 30.3 Å². The van der Waals surface area contributed by atoms with Crippen LogP contribution < -0.4 is 9.62 Å². The van der Waals surface area contributed by atoms with Gasteiger partial charge in [0.2, 0.25) is 10.0 Å². The predicted octanol–water partition coefficient (Wildman–Crippen LogP) is 6.67. The maximum atomic E-state index is 14.3. The van der Waals surface area contributed by atoms with E-state index in [1.165, 1.54) is 39.9 Å². The third-order valence-corrected chi connectivity index (χ3v) is 7.65. The summed E-state index contributed by atoms with van der Waals surface area (Å²) in [5, 5.41) is 4.76. The highest BCUT2D eigenvalue weighted by molar-refractivity contribution is 7.92. The van der Waals surface area contributed by atoms with Crippen LogP contribution in [-0.2, 0) is 16.2 Å². The van der Waals surface area contributed by atoms with Crippen molar-refractivity contribution in [1.29, 1.82) is 0 Å². The van der Waals surface area contributed by atoms with Crippen LogP contribution >= 0.6 is 11.3 Å². The molecule has 0 atom stereocenters. The van der Waals surface area contributed by atoms with Crippen LogP contribution in [0.25, 0.3) is 22.4 Å². The number of benzene rings is 3. The van der Waals surface area contributed by atoms with E-state index >= 15 is 0 Å². The normalized spacial score (nSPS) is 11.8. The number of hydrogen-bond donors (Lipinski definition) is 1. The van der Waals surface area contributed by atoms with Gasteiger partial charge in [-0.3, -0.25) is 14.4 Å². The smallest absolute Gasteiger partial charge is 0.298 e. The first-order valence-electron chi connectivity index (χ1n) is 11.2. The molecule has 0 aliphatic heterocycles. The van der Waals surface area contributed by atoms with E-state index in [4.69, 9.17) is 0 Å². The standard InChI is InChI=1S/C26H21F4N3O3S2/c1-3-33(38(2,35)36)20-11-8-17(9-12-20)23-15-37-25(31-23)32-24(34)18-6-4-16(5-7-18)21-13-10-19(14-22(21)27)26(28,29)30/h4-15H,3H2,1-2H3,(H,31,32,34). The molecule has 38 heavy (non-hydrogen) atoms. The highest BCUT2D eigenvalue weighted by Crippen LogP contribution is 2.33. The molecule has 0 saturated carbocycles. The Morgan fingerprint density at radius 3 is 2.18 bits per heavy atom. The van der Waals surface area contributed by atoms with E-state index in [-0.39, 0.29) is 11.1 Å². The Morgan fingerprint density at radius 1 is 1.00 bits per heavy atom. The van der Waals surface area contributed by atoms with Crippen LogP contribution in [0, 0.1) is 5.82 Å². The van der Waals surface area contributed by atoms with Gasteiger partial charge in [-0.15, -0.1) is 11.3 Å². The van der Waals surface area contributed by atoms with E-state index in [0.29, 0.717) is 34.7 Å². The molecular weight excluding hydrogens is 542 g/mol. The molecule has 0 bridgehead atoms. The Bertz CT molecular complexity index is 1570. The fourth-order valence-electron chi connectivity index (χ4n) is 3.77. The zero-order valence-corrected chi connectivity index (χ0v) is 21.7. The summed E-state index contributed by atoms with van der Waals surface area (Å²) in [6.07, 6.45) is -3.50. The van der Waals surface area contributed by atoms with E-state index in [1.807, 2.05) is 0 Å². The van der Waals surface area contributed by atoms with Gasteiger partial charge in [-0.2, -0.15) is 13.2 Å². The number of amides is 1. The second-order valence-electron chi connectivity index (χ2n) is 8.24. The molecule has 12 heteroatoms. The highest BCUT2D eigenvalue weighted by Gasteiger charge is 2.31. The van der Waals surface area contributed by atoms with Gasteiger partial charge >= 0.3 is 6.18 Å². The number of anilines is 2. The van der Waals surface area contributed by atoms with Crippen molar-refractivity contribution in [3.05, 3.63) is 89.1 Å². The lowest BCUT2D eigenvalue weighted by Crippen LogP contribution is -2.29. The van der Waals surface area contributed by atoms with Crippen LogP contribution in [0.1, 0.15) is 22.8 Å². The summed E-state index contributed by atoms with van der Waals surface area (Å²) in [4.78, 5) is 17.1. The Morgan fingerprint density at radius 2 is 1.63 bits per heavy atom. The Kier molecular flexibility index (Phi) is 7.56. The summed E-state index contributed by atoms with van der Waals surface area (Å²) < 4.78 is 77.7. The molecule has 0 saturated heterocycles. The van der Waals surface area contributed by atoms with Crippen molar-refractivity contribution in [1.82, 2.24) is 4.98 Å². The van der Waals surface area contributed by atoms with E-state index < -0.39 is 33.5 Å². The number of hydrogen-bond acceptors (Lipinski definition) is 5. The Balaban J connectivity index is 1.45. The fraction of sp³-hybridized carbons (Fsp3) is 0.154. The minimum atomic E-state index is -4.64. The van der Waals surface area contributed by atoms with Crippen molar-refractivity contribution in [3.8, 4) is 22.4 Å². The summed E-state index contributed by atoms with van der Waals surface area (Å²) in [5.74, 6) is -1.48. The van der Waals surface area contributed by atoms with Crippen LogP contribution in [0.3, 0.4) is 0 Å². The number of thiazole rings is 1. The van der Waals surface area contributed by atoms with E-state index in [2.05, 4.69) is 10.3 Å². The zero-order valence-electron chi connectivity index (χ0n) is 20.1. The number of nitrogens with zero attached hydrogens (tertiary/aromatic N) is 2. The molecule has 0 aliphatic carbocycles. The molecule has 0 unspecified atom stereocenters. The van der Waals surface area contributed by atoms with Crippen molar-refractivity contribution < 1.29 is 30.8 Å². The summed E-state index contributed by atoms with van der Waals surface area (Å²) in [6, 6.07) is 14.9. The van der Waals surface area contributed by atoms with Gasteiger partial charge in [0.15, 0.2) is 5.13 Å². The number of rotatable bonds is 7. The number of carbonyl (C=O) groups is 1. The minimum Gasteiger partial charge on any atom is -0.298 e. The average Bonchev–Trinajstić information content (AvgIpc) is 3.32. The van der Waals surface area contributed by atoms with Crippen LogP contribution in [0.2, 0.25) is 0 Å². The first kappa shape index (κ1) is 27.3. The first-order valence-corrected chi connectivity index (χ1v) is 13.9. The van der Waals surface area contributed by atoms with Gasteiger partial charge in [0.05, 0.1) is 23.2 Å². The molecule has 0 fully saturated rings. The third-order valence-electron chi connectivity index (χ3n) is 5.62. The van der Waals surface area contributed by atoms with Gasteiger partial charge in [0.1, 0.15) is 5.82 Å². The molecule has 198 valence electrons. The van der Waals surface area contributed by atoms with Crippen molar-refractivity contribution in [2.75, 3.05) is 22.4 Å². The average molecular weight is 564 g/mol. The number of carbonyl (C=O) groups excluding carboxylic acids is 1. The van der Waals surface area contributed by atoms with Crippen molar-refractivity contribution >= 4 is 38.1 Å². The number of sulfonamides is 1. The zero-order chi connectivity index (χ0) is 27.7. The lowest BCUT2D eigenvalue weighted by molar-refractivity contribution is -0.137. The van der Waals surface area contributed by atoms with Crippen LogP contribution in [0.5, 0.6) is 0 Å². The van der Waals surface area contributed by atoms with Gasteiger partial charge in [-0.05, 0) is 48.9 Å². The number of nitrogens with one attached hydrogen (secondary N) is 1. The topological polar surface area (TPSA) is 79.4 Å². The van der Waals surface area contributed by atoms with Crippen LogP contribution in [0.15, 0.2) is 72.1 Å². The first-order chi connectivity index (χ1) is 17.9. The lowest BCUT2D eigenvalue weighted by atomic mass is 10.0. The maximum absolute atomic E-state index is 14.3. The molecule has 1 N–H and O–H groups in total. The van der Waals surface area contributed by atoms with Crippen LogP contribution in [0.4, 0.5) is 28.4 Å². The number of aromatic nitrogens is 1. The molecule has 0 aliphatic rings. The highest BCUT2D eigenvalue weighted by atomic mass is 32.2. The molecule has 6 nitrogen and oxygen atoms in total. The largest absolute Gasteiger partial charge is 0.416 e. The minimum absolute atomic E-state index is 0.0147. The van der Waals surface area contributed by atoms with E-state index in [1.54, 1.807) is 36.6 Å². The van der Waals surface area contributed by atoms with Crippen molar-refractivity contribution in [2.45, 2.75) is 13.1 Å².